The summed E-state index contributed by atoms with van der Waals surface area (Å²) in [6, 6.07) is 0. The first-order valence-corrected chi connectivity index (χ1v) is 6.14. The molecular formula is C7H5ClIN3S. The van der Waals surface area contributed by atoms with Crippen molar-refractivity contribution in [1.82, 2.24) is 15.0 Å². The monoisotopic (exact) mass is 325 g/mol. The van der Waals surface area contributed by atoms with Crippen molar-refractivity contribution in [3.8, 4) is 0 Å². The third kappa shape index (κ3) is 1.64. The molecule has 2 aromatic heterocycles. The van der Waals surface area contributed by atoms with Crippen LogP contribution in [0.2, 0.25) is 5.15 Å². The Hall–Kier alpha value is -0.0100. The highest BCUT2D eigenvalue weighted by molar-refractivity contribution is 14.1. The molecule has 68 valence electrons. The average Bonchev–Trinajstić information content (AvgIpc) is 2.48. The maximum Gasteiger partial charge on any atom is 0.189 e. The minimum absolute atomic E-state index is 0.484. The van der Waals surface area contributed by atoms with Gasteiger partial charge < -0.3 is 4.98 Å². The van der Waals surface area contributed by atoms with Crippen LogP contribution in [-0.2, 0) is 0 Å². The predicted octanol–water partition coefficient (Wildman–Crippen LogP) is 2.94. The fourth-order valence-electron chi connectivity index (χ4n) is 1.01. The lowest BCUT2D eigenvalue weighted by molar-refractivity contribution is 1.01. The Morgan fingerprint density at radius 3 is 3.00 bits per heavy atom. The standard InChI is InChI=1S/C7H5ClIN3S/c1-13-7-11-4-3(9)2-10-5(4)6(8)12-7/h2,10H,1H3. The van der Waals surface area contributed by atoms with Crippen LogP contribution in [0.25, 0.3) is 11.0 Å². The Labute approximate surface area is 97.8 Å². The normalized spacial score (nSPS) is 11.0. The molecule has 0 aliphatic carbocycles. The maximum atomic E-state index is 5.96. The predicted molar refractivity (Wildman–Crippen MR) is 63.4 cm³/mol. The molecule has 0 aliphatic heterocycles. The fourth-order valence-corrected chi connectivity index (χ4v) is 2.20. The highest BCUT2D eigenvalue weighted by Crippen LogP contribution is 2.25. The van der Waals surface area contributed by atoms with Crippen molar-refractivity contribution < 1.29 is 0 Å². The lowest BCUT2D eigenvalue weighted by atomic mass is 10.5. The number of H-pyrrole nitrogens is 1. The van der Waals surface area contributed by atoms with Gasteiger partial charge in [-0.15, -0.1) is 0 Å². The summed E-state index contributed by atoms with van der Waals surface area (Å²) >= 11 is 9.65. The van der Waals surface area contributed by atoms with E-state index in [9.17, 15) is 0 Å². The lowest BCUT2D eigenvalue weighted by Gasteiger charge is -1.97. The Balaban J connectivity index is 2.80. The smallest absolute Gasteiger partial charge is 0.189 e. The third-order valence-electron chi connectivity index (χ3n) is 1.60. The van der Waals surface area contributed by atoms with Gasteiger partial charge in [0.25, 0.3) is 0 Å². The number of aromatic nitrogens is 3. The zero-order valence-electron chi connectivity index (χ0n) is 6.64. The van der Waals surface area contributed by atoms with Crippen LogP contribution >= 0.6 is 46.0 Å². The number of fused-ring (bicyclic) bond motifs is 1. The van der Waals surface area contributed by atoms with E-state index in [2.05, 4.69) is 37.5 Å². The van der Waals surface area contributed by atoms with Crippen LogP contribution in [0.5, 0.6) is 0 Å². The summed E-state index contributed by atoms with van der Waals surface area (Å²) in [5, 5.41) is 1.19. The van der Waals surface area contributed by atoms with Crippen LogP contribution < -0.4 is 0 Å². The average molecular weight is 326 g/mol. The quantitative estimate of drug-likeness (QED) is 0.379. The van der Waals surface area contributed by atoms with Gasteiger partial charge in [-0.1, -0.05) is 23.4 Å². The van der Waals surface area contributed by atoms with Gasteiger partial charge in [-0.25, -0.2) is 9.97 Å². The SMILES string of the molecule is CSc1nc(Cl)c2[nH]cc(I)c2n1. The molecule has 0 unspecified atom stereocenters. The Morgan fingerprint density at radius 2 is 2.31 bits per heavy atom. The minimum atomic E-state index is 0.484. The van der Waals surface area contributed by atoms with Crippen LogP contribution in [0, 0.1) is 3.57 Å². The number of thioether (sulfide) groups is 1. The summed E-state index contributed by atoms with van der Waals surface area (Å²) < 4.78 is 1.06. The molecule has 1 N–H and O–H groups in total. The Morgan fingerprint density at radius 1 is 1.54 bits per heavy atom. The second kappa shape index (κ2) is 3.62. The van der Waals surface area contributed by atoms with Crippen LogP contribution in [0.15, 0.2) is 11.4 Å². The second-order valence-electron chi connectivity index (χ2n) is 2.36. The summed E-state index contributed by atoms with van der Waals surface area (Å²) in [5.74, 6) is 0. The molecule has 2 heterocycles. The van der Waals surface area contributed by atoms with E-state index >= 15 is 0 Å². The van der Waals surface area contributed by atoms with Crippen LogP contribution in [0.1, 0.15) is 0 Å². The molecular weight excluding hydrogens is 321 g/mol. The summed E-state index contributed by atoms with van der Waals surface area (Å²) in [6.45, 7) is 0. The van der Waals surface area contributed by atoms with Crippen LogP contribution in [0.3, 0.4) is 0 Å². The molecule has 0 radical (unpaired) electrons. The molecule has 2 aromatic rings. The van der Waals surface area contributed by atoms with Crippen molar-refractivity contribution >= 4 is 57.0 Å². The molecule has 3 nitrogen and oxygen atoms in total. The van der Waals surface area contributed by atoms with E-state index in [0.29, 0.717) is 10.3 Å². The number of hydrogen-bond donors (Lipinski definition) is 1. The van der Waals surface area contributed by atoms with E-state index in [1.54, 1.807) is 0 Å². The zero-order valence-corrected chi connectivity index (χ0v) is 10.4. The van der Waals surface area contributed by atoms with Crippen molar-refractivity contribution in [2.24, 2.45) is 0 Å². The molecule has 0 spiro atoms. The first kappa shape index (κ1) is 9.54. The molecule has 0 fully saturated rings. The topological polar surface area (TPSA) is 41.6 Å². The summed E-state index contributed by atoms with van der Waals surface area (Å²) in [5.41, 5.74) is 1.70. The summed E-state index contributed by atoms with van der Waals surface area (Å²) in [6.07, 6.45) is 3.80. The van der Waals surface area contributed by atoms with E-state index in [1.165, 1.54) is 11.8 Å². The molecule has 0 bridgehead atoms. The molecule has 0 aliphatic rings. The first-order chi connectivity index (χ1) is 6.22. The number of hydrogen-bond acceptors (Lipinski definition) is 3. The van der Waals surface area contributed by atoms with E-state index in [1.807, 2.05) is 12.5 Å². The van der Waals surface area contributed by atoms with E-state index in [4.69, 9.17) is 11.6 Å². The van der Waals surface area contributed by atoms with Crippen molar-refractivity contribution in [3.05, 3.63) is 14.9 Å². The molecule has 0 aromatic carbocycles. The lowest BCUT2D eigenvalue weighted by Crippen LogP contribution is -1.88. The van der Waals surface area contributed by atoms with Gasteiger partial charge in [-0.3, -0.25) is 0 Å². The van der Waals surface area contributed by atoms with Gasteiger partial charge >= 0.3 is 0 Å². The molecule has 6 heteroatoms. The van der Waals surface area contributed by atoms with Crippen LogP contribution in [0.4, 0.5) is 0 Å². The first-order valence-electron chi connectivity index (χ1n) is 3.46. The molecule has 0 amide bonds. The maximum absolute atomic E-state index is 5.96. The molecule has 0 saturated heterocycles. The molecule has 0 saturated carbocycles. The Bertz CT molecular complexity index is 456. The highest BCUT2D eigenvalue weighted by atomic mass is 127. The molecule has 0 atom stereocenters. The van der Waals surface area contributed by atoms with Crippen molar-refractivity contribution in [2.75, 3.05) is 6.26 Å². The van der Waals surface area contributed by atoms with Crippen molar-refractivity contribution in [1.29, 1.82) is 0 Å². The summed E-state index contributed by atoms with van der Waals surface area (Å²) in [7, 11) is 0. The van der Waals surface area contributed by atoms with E-state index in [-0.39, 0.29) is 0 Å². The zero-order chi connectivity index (χ0) is 9.42. The second-order valence-corrected chi connectivity index (χ2v) is 4.65. The van der Waals surface area contributed by atoms with Crippen LogP contribution in [-0.4, -0.2) is 21.2 Å². The summed E-state index contributed by atoms with van der Waals surface area (Å²) in [4.78, 5) is 11.5. The van der Waals surface area contributed by atoms with Gasteiger partial charge in [0.2, 0.25) is 0 Å². The third-order valence-corrected chi connectivity index (χ3v) is 3.24. The molecule has 13 heavy (non-hydrogen) atoms. The van der Waals surface area contributed by atoms with Gasteiger partial charge in [0.1, 0.15) is 11.0 Å². The molecule has 2 rings (SSSR count). The van der Waals surface area contributed by atoms with Crippen molar-refractivity contribution in [3.63, 3.8) is 0 Å². The van der Waals surface area contributed by atoms with Gasteiger partial charge in [0.05, 0.1) is 3.57 Å². The van der Waals surface area contributed by atoms with Gasteiger partial charge in [-0.2, -0.15) is 0 Å². The van der Waals surface area contributed by atoms with E-state index < -0.39 is 0 Å². The van der Waals surface area contributed by atoms with Gasteiger partial charge in [-0.05, 0) is 28.8 Å². The van der Waals surface area contributed by atoms with Gasteiger partial charge in [0.15, 0.2) is 10.3 Å². The number of nitrogens with zero attached hydrogens (tertiary/aromatic N) is 2. The largest absolute Gasteiger partial charge is 0.356 e. The van der Waals surface area contributed by atoms with Crippen molar-refractivity contribution in [2.45, 2.75) is 5.16 Å². The fraction of sp³-hybridized carbons (Fsp3) is 0.143. The highest BCUT2D eigenvalue weighted by Gasteiger charge is 2.09. The number of rotatable bonds is 1. The number of aromatic amines is 1. The minimum Gasteiger partial charge on any atom is -0.356 e. The number of halogens is 2. The van der Waals surface area contributed by atoms with E-state index in [0.717, 1.165) is 14.6 Å². The Kier molecular flexibility index (Phi) is 2.66. The number of nitrogens with one attached hydrogen (secondary N) is 1. The van der Waals surface area contributed by atoms with Gasteiger partial charge in [0, 0.05) is 6.20 Å².